The maximum Gasteiger partial charge on any atom is 0.247 e. The van der Waals surface area contributed by atoms with Crippen LogP contribution in [-0.2, 0) is 22.6 Å². The first-order chi connectivity index (χ1) is 19.6. The number of hydrogen-bond acceptors (Lipinski definition) is 7. The van der Waals surface area contributed by atoms with Crippen LogP contribution in [0.1, 0.15) is 37.8 Å². The number of amides is 2. The van der Waals surface area contributed by atoms with Crippen molar-refractivity contribution in [2.75, 3.05) is 26.8 Å². The van der Waals surface area contributed by atoms with E-state index in [0.717, 1.165) is 0 Å². The minimum atomic E-state index is -1.22. The van der Waals surface area contributed by atoms with Gasteiger partial charge in [-0.15, -0.1) is 0 Å². The number of halogens is 2. The lowest BCUT2D eigenvalue weighted by Gasteiger charge is -2.41. The number of rotatable bonds is 13. The van der Waals surface area contributed by atoms with Crippen LogP contribution in [-0.4, -0.2) is 77.1 Å². The lowest BCUT2D eigenvalue weighted by molar-refractivity contribution is -0.139. The molecule has 9 nitrogen and oxygen atoms in total. The van der Waals surface area contributed by atoms with Crippen LogP contribution in [0.2, 0.25) is 0 Å². The molecule has 11 heteroatoms. The summed E-state index contributed by atoms with van der Waals surface area (Å²) in [7, 11) is 1.46. The van der Waals surface area contributed by atoms with Crippen molar-refractivity contribution in [2.45, 2.75) is 58.0 Å². The molecule has 0 spiro atoms. The quantitative estimate of drug-likeness (QED) is 0.239. The van der Waals surface area contributed by atoms with Crippen molar-refractivity contribution >= 4 is 34.4 Å². The predicted octanol–water partition coefficient (Wildman–Crippen LogP) is 2.96. The molecule has 4 N–H and O–H groups in total. The van der Waals surface area contributed by atoms with Gasteiger partial charge in [-0.25, -0.2) is 4.39 Å². The Labute approximate surface area is 253 Å². The molecular weight excluding hydrogens is 646 g/mol. The highest BCUT2D eigenvalue weighted by molar-refractivity contribution is 14.1. The first-order valence-electron chi connectivity index (χ1n) is 13.5. The van der Waals surface area contributed by atoms with E-state index >= 15 is 0 Å². The molecule has 1 aliphatic rings. The van der Waals surface area contributed by atoms with E-state index in [9.17, 15) is 29.3 Å². The molecule has 0 aliphatic heterocycles. The van der Waals surface area contributed by atoms with Crippen LogP contribution < -0.4 is 14.8 Å². The van der Waals surface area contributed by atoms with Gasteiger partial charge in [0, 0.05) is 31.5 Å². The lowest BCUT2D eigenvalue weighted by atomic mass is 9.87. The minimum absolute atomic E-state index is 0.0405. The van der Waals surface area contributed by atoms with Crippen molar-refractivity contribution in [3.05, 3.63) is 68.6 Å². The Balaban J connectivity index is 2.00. The second-order valence-corrected chi connectivity index (χ2v) is 11.5. The summed E-state index contributed by atoms with van der Waals surface area (Å²) in [6.07, 6.45) is -0.0903. The molecule has 0 unspecified atom stereocenters. The lowest BCUT2D eigenvalue weighted by Crippen LogP contribution is -2.55. The fourth-order valence-electron chi connectivity index (χ4n) is 4.78. The van der Waals surface area contributed by atoms with E-state index in [2.05, 4.69) is 5.32 Å². The summed E-state index contributed by atoms with van der Waals surface area (Å²) in [6, 6.07) is 8.67. The molecular formula is C30H38FIN2O7. The molecule has 0 saturated heterocycles. The van der Waals surface area contributed by atoms with Crippen LogP contribution in [0.15, 0.2) is 48.0 Å². The molecule has 2 amide bonds. The van der Waals surface area contributed by atoms with Crippen molar-refractivity contribution in [3.8, 4) is 11.5 Å². The maximum atomic E-state index is 13.8. The summed E-state index contributed by atoms with van der Waals surface area (Å²) >= 11 is 2.04. The Morgan fingerprint density at radius 3 is 2.59 bits per heavy atom. The summed E-state index contributed by atoms with van der Waals surface area (Å²) in [5, 5.41) is 33.1. The number of hydrogen-bond donors (Lipinski definition) is 4. The molecule has 0 bridgehead atoms. The first kappa shape index (κ1) is 32.8. The van der Waals surface area contributed by atoms with Gasteiger partial charge in [0.15, 0.2) is 11.5 Å². The molecule has 1 aliphatic carbocycles. The van der Waals surface area contributed by atoms with Crippen LogP contribution in [0.4, 0.5) is 4.39 Å². The van der Waals surface area contributed by atoms with E-state index in [4.69, 9.17) is 9.47 Å². The Morgan fingerprint density at radius 2 is 1.95 bits per heavy atom. The number of carbonyl (C=O) groups excluding carboxylic acids is 2. The molecule has 2 aromatic carbocycles. The molecule has 0 aromatic heterocycles. The zero-order valence-electron chi connectivity index (χ0n) is 23.5. The molecule has 41 heavy (non-hydrogen) atoms. The fourth-order valence-corrected chi connectivity index (χ4v) is 5.57. The van der Waals surface area contributed by atoms with Crippen LogP contribution in [0.3, 0.4) is 0 Å². The monoisotopic (exact) mass is 684 g/mol. The number of ether oxygens (including phenoxy) is 2. The third kappa shape index (κ3) is 8.87. The van der Waals surface area contributed by atoms with Crippen LogP contribution in [0, 0.1) is 15.3 Å². The van der Waals surface area contributed by atoms with Gasteiger partial charge in [-0.3, -0.25) is 9.59 Å². The number of benzene rings is 2. The van der Waals surface area contributed by atoms with Gasteiger partial charge in [0.05, 0.1) is 29.9 Å². The molecule has 2 aromatic rings. The Kier molecular flexibility index (Phi) is 12.4. The van der Waals surface area contributed by atoms with Crippen molar-refractivity contribution in [2.24, 2.45) is 5.92 Å². The number of aliphatic hydroxyl groups excluding tert-OH is 3. The number of methoxy groups -OCH3 is 1. The van der Waals surface area contributed by atoms with Crippen molar-refractivity contribution in [3.63, 3.8) is 0 Å². The van der Waals surface area contributed by atoms with Gasteiger partial charge in [0.25, 0.3) is 0 Å². The van der Waals surface area contributed by atoms with E-state index < -0.39 is 24.2 Å². The summed E-state index contributed by atoms with van der Waals surface area (Å²) in [5.74, 6) is -0.310. The van der Waals surface area contributed by atoms with Gasteiger partial charge >= 0.3 is 0 Å². The van der Waals surface area contributed by atoms with Gasteiger partial charge in [-0.1, -0.05) is 26.0 Å². The number of carbonyl (C=O) groups is 2. The van der Waals surface area contributed by atoms with Gasteiger partial charge < -0.3 is 35.0 Å². The first-order valence-corrected chi connectivity index (χ1v) is 14.6. The van der Waals surface area contributed by atoms with E-state index in [0.29, 0.717) is 38.2 Å². The molecule has 0 radical (unpaired) electrons. The Bertz CT molecular complexity index is 1240. The Morgan fingerprint density at radius 1 is 1.20 bits per heavy atom. The molecule has 3 rings (SSSR count). The molecule has 0 fully saturated rings. The smallest absolute Gasteiger partial charge is 0.247 e. The third-order valence-corrected chi connectivity index (χ3v) is 7.58. The van der Waals surface area contributed by atoms with E-state index in [-0.39, 0.29) is 56.8 Å². The Hall–Kier alpha value is -2.74. The fraction of sp³-hybridized carbons (Fsp3) is 0.467. The topological polar surface area (TPSA) is 129 Å². The highest BCUT2D eigenvalue weighted by Crippen LogP contribution is 2.37. The van der Waals surface area contributed by atoms with E-state index in [1.807, 2.05) is 36.4 Å². The summed E-state index contributed by atoms with van der Waals surface area (Å²) in [5.41, 5.74) is 1.61. The van der Waals surface area contributed by atoms with E-state index in [1.54, 1.807) is 29.2 Å². The second-order valence-electron chi connectivity index (χ2n) is 10.3. The molecule has 224 valence electrons. The van der Waals surface area contributed by atoms with Crippen molar-refractivity contribution in [1.29, 1.82) is 0 Å². The predicted molar refractivity (Wildman–Crippen MR) is 160 cm³/mol. The molecule has 0 saturated carbocycles. The summed E-state index contributed by atoms with van der Waals surface area (Å²) < 4.78 is 26.2. The largest absolute Gasteiger partial charge is 0.493 e. The molecule has 0 heterocycles. The van der Waals surface area contributed by atoms with E-state index in [1.165, 1.54) is 25.3 Å². The summed E-state index contributed by atoms with van der Waals surface area (Å²) in [6.45, 7) is 3.63. The van der Waals surface area contributed by atoms with Gasteiger partial charge in [0.1, 0.15) is 18.0 Å². The van der Waals surface area contributed by atoms with Crippen LogP contribution >= 0.6 is 22.6 Å². The van der Waals surface area contributed by atoms with Crippen LogP contribution in [0.5, 0.6) is 11.5 Å². The summed E-state index contributed by atoms with van der Waals surface area (Å²) in [4.78, 5) is 28.1. The zero-order chi connectivity index (χ0) is 30.1. The number of nitrogens with one attached hydrogen (secondary N) is 1. The second kappa shape index (κ2) is 15.5. The highest BCUT2D eigenvalue weighted by atomic mass is 127. The normalized spacial score (nSPS) is 18.6. The van der Waals surface area contributed by atoms with Crippen molar-refractivity contribution in [1.82, 2.24) is 10.2 Å². The van der Waals surface area contributed by atoms with Crippen molar-refractivity contribution < 1.29 is 38.8 Å². The zero-order valence-corrected chi connectivity index (χ0v) is 25.6. The number of nitrogens with zero attached hydrogens (tertiary/aromatic N) is 1. The van der Waals surface area contributed by atoms with Gasteiger partial charge in [0.2, 0.25) is 11.8 Å². The average Bonchev–Trinajstić information content (AvgIpc) is 2.93. The highest BCUT2D eigenvalue weighted by Gasteiger charge is 2.41. The number of aliphatic hydroxyl groups is 3. The molecule has 3 atom stereocenters. The maximum absolute atomic E-state index is 13.8. The minimum Gasteiger partial charge on any atom is -0.493 e. The van der Waals surface area contributed by atoms with Gasteiger partial charge in [-0.05, 0) is 76.4 Å². The SMILES string of the molecule is COc1cc(CO)cc(I)c1O[C@H]1C=C(C(=O)NCCO)C[C@@H](N(CCc2cccc(F)c2)C(=O)CC(C)C)[C@@H]1O. The average molecular weight is 685 g/mol. The standard InChI is InChI=1S/C30H38FIN2O7/c1-18(2)11-27(37)34(9-7-19-5-4-6-22(31)12-19)24-15-21(30(39)33-8-10-35)16-25(28(24)38)41-29-23(32)13-20(17-36)14-26(29)40-3/h4-6,12-14,16,18,24-25,28,35-36,38H,7-11,15,17H2,1-3H3,(H,33,39)/t24-,25+,28+/m1/s1. The van der Waals surface area contributed by atoms with Gasteiger partial charge in [-0.2, -0.15) is 0 Å². The third-order valence-electron chi connectivity index (χ3n) is 6.77. The van der Waals surface area contributed by atoms with Crippen LogP contribution in [0.25, 0.3) is 0 Å².